The van der Waals surface area contributed by atoms with E-state index in [9.17, 15) is 9.00 Å². The fraction of sp³-hybridized carbons (Fsp3) is 0.200. The Hall–Kier alpha value is -0.790. The summed E-state index contributed by atoms with van der Waals surface area (Å²) >= 11 is -0.779. The molecule has 0 aliphatic rings. The van der Waals surface area contributed by atoms with Crippen molar-refractivity contribution in [2.24, 2.45) is 5.73 Å². The Balaban J connectivity index is 2.77. The molecule has 0 saturated carbocycles. The summed E-state index contributed by atoms with van der Waals surface area (Å²) in [6, 6.07) is 0. The van der Waals surface area contributed by atoms with Gasteiger partial charge in [-0.05, 0) is 0 Å². The van der Waals surface area contributed by atoms with Gasteiger partial charge in [-0.15, -0.1) is 11.3 Å². The first-order valence-electron chi connectivity index (χ1n) is 2.91. The van der Waals surface area contributed by atoms with Crippen molar-refractivity contribution in [3.63, 3.8) is 0 Å². The molecule has 0 spiro atoms. The summed E-state index contributed by atoms with van der Waals surface area (Å²) in [5.74, 6) is -0.681. The van der Waals surface area contributed by atoms with Crippen molar-refractivity contribution in [2.45, 2.75) is 5.75 Å². The van der Waals surface area contributed by atoms with Crippen molar-refractivity contribution in [1.82, 2.24) is 4.98 Å². The summed E-state index contributed by atoms with van der Waals surface area (Å²) in [5.41, 5.74) is 5.06. The zero-order chi connectivity index (χ0) is 9.14. The van der Waals surface area contributed by atoms with E-state index in [1.165, 1.54) is 5.38 Å². The molecule has 0 aliphatic heterocycles. The third kappa shape index (κ3) is 2.36. The smallest absolute Gasteiger partial charge is 0.268 e. The van der Waals surface area contributed by atoms with Crippen LogP contribution in [0.4, 0.5) is 0 Å². The minimum absolute atomic E-state index is 0.0576. The van der Waals surface area contributed by atoms with E-state index in [4.69, 9.17) is 10.3 Å². The van der Waals surface area contributed by atoms with E-state index in [0.717, 1.165) is 11.3 Å². The maximum absolute atomic E-state index is 10.5. The Kier molecular flexibility index (Phi) is 2.90. The Morgan fingerprint density at radius 1 is 1.83 bits per heavy atom. The lowest BCUT2D eigenvalue weighted by molar-refractivity contribution is 0.0996. The number of carbonyl (C=O) groups is 1. The lowest BCUT2D eigenvalue weighted by atomic mass is 10.5. The lowest BCUT2D eigenvalue weighted by Gasteiger charge is -1.87. The van der Waals surface area contributed by atoms with E-state index in [1.54, 1.807) is 0 Å². The van der Waals surface area contributed by atoms with Crippen LogP contribution < -0.4 is 5.73 Å². The summed E-state index contributed by atoms with van der Waals surface area (Å²) in [4.78, 5) is 14.3. The number of rotatable bonds is 3. The number of amides is 1. The number of thiazole rings is 1. The normalized spacial score (nSPS) is 12.8. The molecular formula is C5H6N2O3S2. The first kappa shape index (κ1) is 9.30. The lowest BCUT2D eigenvalue weighted by Crippen LogP contribution is -2.11. The minimum Gasteiger partial charge on any atom is -0.364 e. The van der Waals surface area contributed by atoms with Crippen molar-refractivity contribution >= 4 is 28.3 Å². The number of aromatic nitrogens is 1. The summed E-state index contributed by atoms with van der Waals surface area (Å²) in [6.45, 7) is 0. The maximum atomic E-state index is 10.5. The number of hydrogen-bond donors (Lipinski definition) is 2. The maximum Gasteiger partial charge on any atom is 0.268 e. The Morgan fingerprint density at radius 2 is 2.50 bits per heavy atom. The van der Waals surface area contributed by atoms with Gasteiger partial charge in [0.05, 0.1) is 0 Å². The molecule has 1 heterocycles. The fourth-order valence-corrected chi connectivity index (χ4v) is 2.01. The first-order valence-corrected chi connectivity index (χ1v) is 5.07. The zero-order valence-electron chi connectivity index (χ0n) is 5.89. The zero-order valence-corrected chi connectivity index (χ0v) is 7.52. The van der Waals surface area contributed by atoms with Gasteiger partial charge >= 0.3 is 0 Å². The van der Waals surface area contributed by atoms with E-state index in [0.29, 0.717) is 5.01 Å². The quantitative estimate of drug-likeness (QED) is 0.679. The highest BCUT2D eigenvalue weighted by molar-refractivity contribution is 7.78. The van der Waals surface area contributed by atoms with Gasteiger partial charge < -0.3 is 10.3 Å². The fourth-order valence-electron chi connectivity index (χ4n) is 0.596. The topological polar surface area (TPSA) is 93.3 Å². The molecule has 12 heavy (non-hydrogen) atoms. The highest BCUT2D eigenvalue weighted by Gasteiger charge is 2.07. The minimum atomic E-state index is -1.92. The SMILES string of the molecule is NC(=O)c1csc(CS(=O)O)n1. The van der Waals surface area contributed by atoms with Crippen LogP contribution in [0.2, 0.25) is 0 Å². The molecule has 1 atom stereocenters. The molecule has 5 nitrogen and oxygen atoms in total. The van der Waals surface area contributed by atoms with E-state index in [2.05, 4.69) is 4.98 Å². The largest absolute Gasteiger partial charge is 0.364 e. The van der Waals surface area contributed by atoms with Crippen LogP contribution in [-0.2, 0) is 16.8 Å². The molecule has 0 saturated heterocycles. The summed E-state index contributed by atoms with van der Waals surface area (Å²) in [5, 5.41) is 1.90. The number of hydrogen-bond acceptors (Lipinski definition) is 4. The third-order valence-corrected chi connectivity index (χ3v) is 2.60. The Morgan fingerprint density at radius 3 is 2.92 bits per heavy atom. The van der Waals surface area contributed by atoms with Crippen molar-refractivity contribution in [1.29, 1.82) is 0 Å². The standard InChI is InChI=1S/C5H6N2O3S2/c6-5(8)3-1-11-4(7-3)2-12(9)10/h1H,2H2,(H2,6,8)(H,9,10). The predicted octanol–water partition coefficient (Wildman–Crippen LogP) is -0.0363. The average Bonchev–Trinajstić information content (AvgIpc) is 2.34. The van der Waals surface area contributed by atoms with Crippen LogP contribution in [0.15, 0.2) is 5.38 Å². The van der Waals surface area contributed by atoms with Crippen molar-refractivity contribution in [2.75, 3.05) is 0 Å². The molecule has 3 N–H and O–H groups in total. The molecule has 1 aromatic heterocycles. The number of nitrogens with two attached hydrogens (primary N) is 1. The van der Waals surface area contributed by atoms with Crippen LogP contribution in [0.1, 0.15) is 15.5 Å². The summed E-state index contributed by atoms with van der Waals surface area (Å²) in [6.07, 6.45) is 0. The van der Waals surface area contributed by atoms with Crippen molar-refractivity contribution < 1.29 is 13.6 Å². The van der Waals surface area contributed by atoms with Crippen LogP contribution in [0, 0.1) is 0 Å². The molecular weight excluding hydrogens is 200 g/mol. The van der Waals surface area contributed by atoms with E-state index in [1.807, 2.05) is 0 Å². The Bertz CT molecular complexity index is 322. The van der Waals surface area contributed by atoms with Gasteiger partial charge in [-0.25, -0.2) is 9.19 Å². The van der Waals surface area contributed by atoms with Gasteiger partial charge in [-0.3, -0.25) is 4.79 Å². The molecule has 0 bridgehead atoms. The molecule has 1 amide bonds. The first-order chi connectivity index (χ1) is 5.59. The highest BCUT2D eigenvalue weighted by Crippen LogP contribution is 2.10. The van der Waals surface area contributed by atoms with Crippen molar-refractivity contribution in [3.05, 3.63) is 16.1 Å². The molecule has 0 aliphatic carbocycles. The third-order valence-electron chi connectivity index (χ3n) is 1.05. The van der Waals surface area contributed by atoms with Crippen molar-refractivity contribution in [3.8, 4) is 0 Å². The van der Waals surface area contributed by atoms with Gasteiger partial charge in [0.1, 0.15) is 16.5 Å². The summed E-state index contributed by atoms with van der Waals surface area (Å²) in [7, 11) is 0. The van der Waals surface area contributed by atoms with Gasteiger partial charge in [0, 0.05) is 5.38 Å². The number of primary amides is 1. The molecule has 1 rings (SSSR count). The second-order valence-electron chi connectivity index (χ2n) is 1.96. The number of carbonyl (C=O) groups excluding carboxylic acids is 1. The van der Waals surface area contributed by atoms with Crippen LogP contribution in [-0.4, -0.2) is 19.7 Å². The average molecular weight is 206 g/mol. The van der Waals surface area contributed by atoms with Crippen LogP contribution in [0.3, 0.4) is 0 Å². The molecule has 0 fully saturated rings. The van der Waals surface area contributed by atoms with Gasteiger partial charge in [0.15, 0.2) is 11.1 Å². The van der Waals surface area contributed by atoms with Gasteiger partial charge in [-0.2, -0.15) is 0 Å². The molecule has 0 radical (unpaired) electrons. The van der Waals surface area contributed by atoms with Crippen LogP contribution in [0.25, 0.3) is 0 Å². The van der Waals surface area contributed by atoms with Crippen LogP contribution in [0.5, 0.6) is 0 Å². The van der Waals surface area contributed by atoms with E-state index >= 15 is 0 Å². The Labute approximate surface area is 74.9 Å². The van der Waals surface area contributed by atoms with Crippen LogP contribution >= 0.6 is 11.3 Å². The monoisotopic (exact) mass is 206 g/mol. The summed E-state index contributed by atoms with van der Waals surface area (Å²) < 4.78 is 18.8. The predicted molar refractivity (Wildman–Crippen MR) is 45.1 cm³/mol. The molecule has 0 aromatic carbocycles. The second kappa shape index (κ2) is 3.74. The van der Waals surface area contributed by atoms with E-state index in [-0.39, 0.29) is 11.4 Å². The van der Waals surface area contributed by atoms with E-state index < -0.39 is 17.0 Å². The molecule has 1 unspecified atom stereocenters. The molecule has 7 heteroatoms. The molecule has 66 valence electrons. The second-order valence-corrected chi connectivity index (χ2v) is 3.83. The van der Waals surface area contributed by atoms with Gasteiger partial charge in [0.2, 0.25) is 0 Å². The van der Waals surface area contributed by atoms with Gasteiger partial charge in [0.25, 0.3) is 5.91 Å². The molecule has 1 aromatic rings. The highest BCUT2D eigenvalue weighted by atomic mass is 32.2. The van der Waals surface area contributed by atoms with Gasteiger partial charge in [-0.1, -0.05) is 0 Å². The number of nitrogens with zero attached hydrogens (tertiary/aromatic N) is 1.